The van der Waals surface area contributed by atoms with Gasteiger partial charge in [-0.2, -0.15) is 0 Å². The molecule has 0 fully saturated rings. The van der Waals surface area contributed by atoms with E-state index in [2.05, 4.69) is 30.4 Å². The van der Waals surface area contributed by atoms with Crippen LogP contribution in [0.1, 0.15) is 10.4 Å². The highest BCUT2D eigenvalue weighted by atomic mass is 79.9. The molecular weight excluding hydrogens is 388 g/mol. The highest BCUT2D eigenvalue weighted by Crippen LogP contribution is 2.28. The number of nitrogens with zero attached hydrogens (tertiary/aromatic N) is 1. The molecule has 0 aliphatic rings. The molecule has 1 aromatic carbocycles. The lowest BCUT2D eigenvalue weighted by atomic mass is 10.2. The third-order valence-electron chi connectivity index (χ3n) is 2.86. The summed E-state index contributed by atoms with van der Waals surface area (Å²) >= 11 is 3.17. The summed E-state index contributed by atoms with van der Waals surface area (Å²) in [6.45, 7) is 0. The number of sulfonamides is 1. The van der Waals surface area contributed by atoms with E-state index in [-0.39, 0.29) is 21.9 Å². The first-order valence-electron chi connectivity index (χ1n) is 6.27. The van der Waals surface area contributed by atoms with Crippen LogP contribution < -0.4 is 9.46 Å². The van der Waals surface area contributed by atoms with E-state index < -0.39 is 16.0 Å². The van der Waals surface area contributed by atoms with Gasteiger partial charge in [-0.1, -0.05) is 0 Å². The minimum absolute atomic E-state index is 0.00836. The number of carbonyl (C=O) groups is 1. The topological polar surface area (TPSA) is 94.6 Å². The van der Waals surface area contributed by atoms with E-state index in [4.69, 9.17) is 4.74 Å². The standard InChI is InChI=1S/C14H13BrN2O5S/c1-21-13-5-9(14(18)22-2)3-4-12(13)17-23(19,20)11-6-10(15)7-16-8-11/h3-8,17H,1-2H3. The number of benzene rings is 1. The first-order chi connectivity index (χ1) is 10.9. The van der Waals surface area contributed by atoms with Crippen LogP contribution in [-0.2, 0) is 14.8 Å². The summed E-state index contributed by atoms with van der Waals surface area (Å²) in [7, 11) is -1.22. The molecule has 2 rings (SSSR count). The van der Waals surface area contributed by atoms with Gasteiger partial charge in [0.05, 0.1) is 25.5 Å². The molecule has 0 aliphatic heterocycles. The second-order valence-corrected chi connectivity index (χ2v) is 6.95. The minimum atomic E-state index is -3.85. The van der Waals surface area contributed by atoms with Gasteiger partial charge in [-0.25, -0.2) is 13.2 Å². The van der Waals surface area contributed by atoms with Crippen molar-refractivity contribution in [3.63, 3.8) is 0 Å². The number of halogens is 1. The monoisotopic (exact) mass is 400 g/mol. The highest BCUT2D eigenvalue weighted by Gasteiger charge is 2.18. The van der Waals surface area contributed by atoms with Gasteiger partial charge in [0.15, 0.2) is 0 Å². The van der Waals surface area contributed by atoms with Gasteiger partial charge in [0.2, 0.25) is 0 Å². The van der Waals surface area contributed by atoms with Gasteiger partial charge >= 0.3 is 5.97 Å². The molecule has 0 saturated carbocycles. The van der Waals surface area contributed by atoms with Gasteiger partial charge in [0.25, 0.3) is 10.0 Å². The van der Waals surface area contributed by atoms with Crippen LogP contribution in [0.4, 0.5) is 5.69 Å². The van der Waals surface area contributed by atoms with Crippen molar-refractivity contribution in [3.05, 3.63) is 46.7 Å². The smallest absolute Gasteiger partial charge is 0.337 e. The van der Waals surface area contributed by atoms with E-state index in [1.54, 1.807) is 0 Å². The third-order valence-corrected chi connectivity index (χ3v) is 4.62. The number of methoxy groups -OCH3 is 2. The average Bonchev–Trinajstić information content (AvgIpc) is 2.54. The normalized spacial score (nSPS) is 10.9. The molecule has 0 atom stereocenters. The molecule has 0 aliphatic carbocycles. The Morgan fingerprint density at radius 1 is 1.22 bits per heavy atom. The van der Waals surface area contributed by atoms with Crippen molar-refractivity contribution in [1.82, 2.24) is 4.98 Å². The number of hydrogen-bond acceptors (Lipinski definition) is 6. The molecule has 0 radical (unpaired) electrons. The molecule has 7 nitrogen and oxygen atoms in total. The zero-order valence-corrected chi connectivity index (χ0v) is 14.6. The minimum Gasteiger partial charge on any atom is -0.495 e. The van der Waals surface area contributed by atoms with Crippen molar-refractivity contribution in [3.8, 4) is 5.75 Å². The molecule has 1 heterocycles. The lowest BCUT2D eigenvalue weighted by Crippen LogP contribution is -2.14. The Morgan fingerprint density at radius 3 is 2.57 bits per heavy atom. The summed E-state index contributed by atoms with van der Waals surface area (Å²) in [6.07, 6.45) is 2.70. The summed E-state index contributed by atoms with van der Waals surface area (Å²) in [6, 6.07) is 5.67. The summed E-state index contributed by atoms with van der Waals surface area (Å²) in [5.41, 5.74) is 0.441. The summed E-state index contributed by atoms with van der Waals surface area (Å²) < 4.78 is 37.4. The van der Waals surface area contributed by atoms with Gasteiger partial charge < -0.3 is 9.47 Å². The molecular formula is C14H13BrN2O5S. The Morgan fingerprint density at radius 2 is 1.96 bits per heavy atom. The molecule has 0 amide bonds. The Balaban J connectivity index is 2.37. The van der Waals surface area contributed by atoms with Crippen molar-refractivity contribution in [2.75, 3.05) is 18.9 Å². The molecule has 23 heavy (non-hydrogen) atoms. The molecule has 0 spiro atoms. The van der Waals surface area contributed by atoms with Crippen LogP contribution in [0.5, 0.6) is 5.75 Å². The van der Waals surface area contributed by atoms with E-state index >= 15 is 0 Å². The lowest BCUT2D eigenvalue weighted by molar-refractivity contribution is 0.0600. The second-order valence-electron chi connectivity index (χ2n) is 4.35. The maximum absolute atomic E-state index is 12.4. The summed E-state index contributed by atoms with van der Waals surface area (Å²) in [4.78, 5) is 15.3. The Labute approximate surface area is 141 Å². The van der Waals surface area contributed by atoms with E-state index in [1.165, 1.54) is 50.9 Å². The highest BCUT2D eigenvalue weighted by molar-refractivity contribution is 9.10. The zero-order chi connectivity index (χ0) is 17.0. The quantitative estimate of drug-likeness (QED) is 0.774. The lowest BCUT2D eigenvalue weighted by Gasteiger charge is -2.12. The van der Waals surface area contributed by atoms with Crippen molar-refractivity contribution < 1.29 is 22.7 Å². The molecule has 9 heteroatoms. The molecule has 2 aromatic rings. The zero-order valence-electron chi connectivity index (χ0n) is 12.2. The number of rotatable bonds is 5. The Hall–Kier alpha value is -2.13. The van der Waals surface area contributed by atoms with Crippen LogP contribution in [-0.4, -0.2) is 33.6 Å². The number of anilines is 1. The van der Waals surface area contributed by atoms with Crippen LogP contribution >= 0.6 is 15.9 Å². The first-order valence-corrected chi connectivity index (χ1v) is 8.54. The predicted molar refractivity (Wildman–Crippen MR) is 87.1 cm³/mol. The molecule has 0 bridgehead atoms. The number of carbonyl (C=O) groups excluding carboxylic acids is 1. The van der Waals surface area contributed by atoms with Gasteiger partial charge in [0.1, 0.15) is 10.6 Å². The van der Waals surface area contributed by atoms with Gasteiger partial charge in [-0.3, -0.25) is 9.71 Å². The van der Waals surface area contributed by atoms with Crippen LogP contribution in [0.15, 0.2) is 46.0 Å². The van der Waals surface area contributed by atoms with Gasteiger partial charge in [-0.05, 0) is 40.2 Å². The SMILES string of the molecule is COC(=O)c1ccc(NS(=O)(=O)c2cncc(Br)c2)c(OC)c1. The molecule has 1 aromatic heterocycles. The molecule has 0 saturated heterocycles. The van der Waals surface area contributed by atoms with Crippen molar-refractivity contribution in [2.45, 2.75) is 4.90 Å². The number of aromatic nitrogens is 1. The molecule has 122 valence electrons. The summed E-state index contributed by atoms with van der Waals surface area (Å²) in [5.74, 6) is -0.353. The van der Waals surface area contributed by atoms with Crippen LogP contribution in [0.25, 0.3) is 0 Å². The third kappa shape index (κ3) is 3.99. The van der Waals surface area contributed by atoms with Gasteiger partial charge in [-0.15, -0.1) is 0 Å². The fourth-order valence-electron chi connectivity index (χ4n) is 1.76. The number of nitrogens with one attached hydrogen (secondary N) is 1. The largest absolute Gasteiger partial charge is 0.495 e. The maximum Gasteiger partial charge on any atom is 0.337 e. The van der Waals surface area contributed by atoms with E-state index in [1.807, 2.05) is 0 Å². The van der Waals surface area contributed by atoms with Crippen molar-refractivity contribution in [1.29, 1.82) is 0 Å². The number of pyridine rings is 1. The number of ether oxygens (including phenoxy) is 2. The van der Waals surface area contributed by atoms with Crippen LogP contribution in [0.2, 0.25) is 0 Å². The molecule has 1 N–H and O–H groups in total. The first kappa shape index (κ1) is 17.2. The number of hydrogen-bond donors (Lipinski definition) is 1. The van der Waals surface area contributed by atoms with Crippen molar-refractivity contribution >= 4 is 37.6 Å². The van der Waals surface area contributed by atoms with Gasteiger partial charge in [0, 0.05) is 16.9 Å². The average molecular weight is 401 g/mol. The number of esters is 1. The Kier molecular flexibility index (Phi) is 5.22. The van der Waals surface area contributed by atoms with Crippen LogP contribution in [0, 0.1) is 0 Å². The fourth-order valence-corrected chi connectivity index (χ4v) is 3.34. The Bertz CT molecular complexity index is 839. The second kappa shape index (κ2) is 6.97. The van der Waals surface area contributed by atoms with E-state index in [9.17, 15) is 13.2 Å². The van der Waals surface area contributed by atoms with E-state index in [0.29, 0.717) is 4.47 Å². The fraction of sp³-hybridized carbons (Fsp3) is 0.143. The van der Waals surface area contributed by atoms with Crippen LogP contribution in [0.3, 0.4) is 0 Å². The predicted octanol–water partition coefficient (Wildman–Crippen LogP) is 2.44. The van der Waals surface area contributed by atoms with E-state index in [0.717, 1.165) is 0 Å². The summed E-state index contributed by atoms with van der Waals surface area (Å²) in [5, 5.41) is 0. The maximum atomic E-state index is 12.4. The molecule has 0 unspecified atom stereocenters. The van der Waals surface area contributed by atoms with Crippen molar-refractivity contribution in [2.24, 2.45) is 0 Å².